The maximum absolute atomic E-state index is 6.35. The molecule has 0 heterocycles. The number of nitrogens with one attached hydrogen (secondary N) is 1. The Morgan fingerprint density at radius 1 is 0.952 bits per heavy atom. The lowest BCUT2D eigenvalue weighted by molar-refractivity contribution is 0.556. The molecule has 0 saturated carbocycles. The van der Waals surface area contributed by atoms with Crippen LogP contribution in [0.5, 0.6) is 0 Å². The van der Waals surface area contributed by atoms with Crippen LogP contribution in [0, 0.1) is 20.8 Å². The molecule has 1 nitrogen and oxygen atoms in total. The number of halogens is 1. The third-order valence-corrected chi connectivity index (χ3v) is 4.49. The van der Waals surface area contributed by atoms with Gasteiger partial charge in [-0.15, -0.1) is 0 Å². The Kier molecular flexibility index (Phi) is 5.44. The van der Waals surface area contributed by atoms with E-state index in [9.17, 15) is 0 Å². The summed E-state index contributed by atoms with van der Waals surface area (Å²) >= 11 is 6.35. The van der Waals surface area contributed by atoms with Crippen LogP contribution in [-0.4, -0.2) is 13.1 Å². The predicted octanol–water partition coefficient (Wildman–Crippen LogP) is 4.64. The smallest absolute Gasteiger partial charge is 0.0441 e. The van der Waals surface area contributed by atoms with Crippen LogP contribution < -0.4 is 5.32 Å². The van der Waals surface area contributed by atoms with Crippen LogP contribution in [0.25, 0.3) is 0 Å². The SMILES string of the molecule is CNC(Cc1ccc(C)c(C)c1)Cc1ccc(C)cc1Cl. The summed E-state index contributed by atoms with van der Waals surface area (Å²) in [5.74, 6) is 0. The number of aryl methyl sites for hydroxylation is 3. The van der Waals surface area contributed by atoms with Gasteiger partial charge in [0, 0.05) is 11.1 Å². The molecule has 0 amide bonds. The van der Waals surface area contributed by atoms with Gasteiger partial charge in [0.25, 0.3) is 0 Å². The summed E-state index contributed by atoms with van der Waals surface area (Å²) in [7, 11) is 2.02. The van der Waals surface area contributed by atoms with Crippen molar-refractivity contribution in [3.8, 4) is 0 Å². The Balaban J connectivity index is 2.10. The first-order valence-corrected chi connectivity index (χ1v) is 7.86. The highest BCUT2D eigenvalue weighted by Crippen LogP contribution is 2.20. The zero-order chi connectivity index (χ0) is 15.4. The molecule has 0 aromatic heterocycles. The first kappa shape index (κ1) is 16.1. The molecule has 0 aliphatic rings. The summed E-state index contributed by atoms with van der Waals surface area (Å²) in [5, 5.41) is 4.29. The van der Waals surface area contributed by atoms with Gasteiger partial charge in [-0.1, -0.05) is 41.9 Å². The van der Waals surface area contributed by atoms with E-state index in [1.807, 2.05) is 13.1 Å². The van der Waals surface area contributed by atoms with Crippen molar-refractivity contribution in [1.82, 2.24) is 5.32 Å². The highest BCUT2D eigenvalue weighted by atomic mass is 35.5. The van der Waals surface area contributed by atoms with Gasteiger partial charge >= 0.3 is 0 Å². The monoisotopic (exact) mass is 301 g/mol. The summed E-state index contributed by atoms with van der Waals surface area (Å²) < 4.78 is 0. The van der Waals surface area contributed by atoms with Crippen LogP contribution in [-0.2, 0) is 12.8 Å². The van der Waals surface area contributed by atoms with E-state index in [1.165, 1.54) is 27.8 Å². The third-order valence-electron chi connectivity index (χ3n) is 4.14. The van der Waals surface area contributed by atoms with Gasteiger partial charge in [-0.05, 0) is 74.5 Å². The molecule has 0 spiro atoms. The van der Waals surface area contributed by atoms with Crippen LogP contribution in [0.1, 0.15) is 27.8 Å². The maximum Gasteiger partial charge on any atom is 0.0441 e. The maximum atomic E-state index is 6.35. The lowest BCUT2D eigenvalue weighted by Gasteiger charge is -2.18. The van der Waals surface area contributed by atoms with Gasteiger partial charge in [-0.2, -0.15) is 0 Å². The number of hydrogen-bond acceptors (Lipinski definition) is 1. The van der Waals surface area contributed by atoms with Crippen LogP contribution in [0.2, 0.25) is 5.02 Å². The molecule has 2 heteroatoms. The van der Waals surface area contributed by atoms with Gasteiger partial charge in [0.15, 0.2) is 0 Å². The molecule has 1 atom stereocenters. The van der Waals surface area contributed by atoms with Crippen molar-refractivity contribution in [1.29, 1.82) is 0 Å². The van der Waals surface area contributed by atoms with E-state index in [2.05, 4.69) is 56.4 Å². The van der Waals surface area contributed by atoms with Crippen LogP contribution in [0.4, 0.5) is 0 Å². The number of hydrogen-bond donors (Lipinski definition) is 1. The zero-order valence-electron chi connectivity index (χ0n) is 13.3. The Bertz CT molecular complexity index is 619. The van der Waals surface area contributed by atoms with E-state index in [0.29, 0.717) is 6.04 Å². The Morgan fingerprint density at radius 2 is 1.71 bits per heavy atom. The molecule has 1 N–H and O–H groups in total. The standard InChI is InChI=1S/C19H24ClN/c1-13-5-8-17(19(20)9-13)12-18(21-4)11-16-7-6-14(2)15(3)10-16/h5-10,18,21H,11-12H2,1-4H3. The molecular formula is C19H24ClN. The topological polar surface area (TPSA) is 12.0 Å². The number of likely N-dealkylation sites (N-methyl/N-ethyl adjacent to an activating group) is 1. The molecule has 0 fully saturated rings. The lowest BCUT2D eigenvalue weighted by Crippen LogP contribution is -2.30. The fraction of sp³-hybridized carbons (Fsp3) is 0.368. The molecule has 1 unspecified atom stereocenters. The minimum atomic E-state index is 0.396. The van der Waals surface area contributed by atoms with Gasteiger partial charge in [0.2, 0.25) is 0 Å². The molecule has 21 heavy (non-hydrogen) atoms. The first-order chi connectivity index (χ1) is 9.99. The molecule has 0 aliphatic carbocycles. The first-order valence-electron chi connectivity index (χ1n) is 7.48. The van der Waals surface area contributed by atoms with Crippen molar-refractivity contribution >= 4 is 11.6 Å². The van der Waals surface area contributed by atoms with Crippen molar-refractivity contribution in [3.63, 3.8) is 0 Å². The van der Waals surface area contributed by atoms with Gasteiger partial charge in [-0.3, -0.25) is 0 Å². The average molecular weight is 302 g/mol. The Labute approximate surface area is 133 Å². The summed E-state index contributed by atoms with van der Waals surface area (Å²) in [6.07, 6.45) is 1.96. The van der Waals surface area contributed by atoms with Crippen molar-refractivity contribution < 1.29 is 0 Å². The van der Waals surface area contributed by atoms with E-state index in [4.69, 9.17) is 11.6 Å². The van der Waals surface area contributed by atoms with Crippen molar-refractivity contribution in [2.75, 3.05) is 7.05 Å². The molecular weight excluding hydrogens is 278 g/mol. The minimum absolute atomic E-state index is 0.396. The fourth-order valence-corrected chi connectivity index (χ4v) is 2.89. The summed E-state index contributed by atoms with van der Waals surface area (Å²) in [6, 6.07) is 13.4. The number of benzene rings is 2. The van der Waals surface area contributed by atoms with Crippen molar-refractivity contribution in [3.05, 3.63) is 69.2 Å². The van der Waals surface area contributed by atoms with Gasteiger partial charge in [-0.25, -0.2) is 0 Å². The molecule has 112 valence electrons. The van der Waals surface area contributed by atoms with Crippen LogP contribution in [0.15, 0.2) is 36.4 Å². The van der Waals surface area contributed by atoms with Gasteiger partial charge in [0.05, 0.1) is 0 Å². The highest BCUT2D eigenvalue weighted by Gasteiger charge is 2.11. The predicted molar refractivity (Wildman–Crippen MR) is 92.4 cm³/mol. The fourth-order valence-electron chi connectivity index (χ4n) is 2.57. The molecule has 2 aromatic rings. The molecule has 0 radical (unpaired) electrons. The van der Waals surface area contributed by atoms with E-state index in [-0.39, 0.29) is 0 Å². The second-order valence-electron chi connectivity index (χ2n) is 5.91. The normalized spacial score (nSPS) is 12.4. The summed E-state index contributed by atoms with van der Waals surface area (Å²) in [4.78, 5) is 0. The van der Waals surface area contributed by atoms with E-state index in [1.54, 1.807) is 0 Å². The Hall–Kier alpha value is -1.31. The lowest BCUT2D eigenvalue weighted by atomic mass is 9.96. The average Bonchev–Trinajstić information content (AvgIpc) is 2.44. The minimum Gasteiger partial charge on any atom is -0.316 e. The van der Waals surface area contributed by atoms with E-state index in [0.717, 1.165) is 17.9 Å². The molecule has 0 saturated heterocycles. The highest BCUT2D eigenvalue weighted by molar-refractivity contribution is 6.31. The summed E-state index contributed by atoms with van der Waals surface area (Å²) in [6.45, 7) is 6.39. The largest absolute Gasteiger partial charge is 0.316 e. The second kappa shape index (κ2) is 7.11. The van der Waals surface area contributed by atoms with Crippen LogP contribution >= 0.6 is 11.6 Å². The van der Waals surface area contributed by atoms with Crippen molar-refractivity contribution in [2.45, 2.75) is 39.7 Å². The third kappa shape index (κ3) is 4.33. The van der Waals surface area contributed by atoms with E-state index < -0.39 is 0 Å². The number of rotatable bonds is 5. The molecule has 2 rings (SSSR count). The molecule has 0 bridgehead atoms. The van der Waals surface area contributed by atoms with Crippen LogP contribution in [0.3, 0.4) is 0 Å². The molecule has 2 aromatic carbocycles. The van der Waals surface area contributed by atoms with Gasteiger partial charge in [0.1, 0.15) is 0 Å². The van der Waals surface area contributed by atoms with E-state index >= 15 is 0 Å². The Morgan fingerprint density at radius 3 is 2.33 bits per heavy atom. The molecule has 0 aliphatic heterocycles. The van der Waals surface area contributed by atoms with Crippen molar-refractivity contribution in [2.24, 2.45) is 0 Å². The quantitative estimate of drug-likeness (QED) is 0.848. The second-order valence-corrected chi connectivity index (χ2v) is 6.31. The van der Waals surface area contributed by atoms with Gasteiger partial charge < -0.3 is 5.32 Å². The zero-order valence-corrected chi connectivity index (χ0v) is 14.1. The summed E-state index contributed by atoms with van der Waals surface area (Å²) in [5.41, 5.74) is 6.50.